The van der Waals surface area contributed by atoms with Crippen molar-refractivity contribution in [3.8, 4) is 0 Å². The summed E-state index contributed by atoms with van der Waals surface area (Å²) in [4.78, 5) is 24.0. The molecule has 2 fully saturated rings. The molecule has 0 aliphatic heterocycles. The predicted octanol–water partition coefficient (Wildman–Crippen LogP) is 7.56. The van der Waals surface area contributed by atoms with Crippen LogP contribution in [0.2, 0.25) is 0 Å². The Balaban J connectivity index is 1.73. The van der Waals surface area contributed by atoms with E-state index in [0.29, 0.717) is 18.4 Å². The first-order valence-electron chi connectivity index (χ1n) is 15.5. The van der Waals surface area contributed by atoms with Crippen LogP contribution in [0.15, 0.2) is 23.3 Å². The molecule has 0 aromatic rings. The smallest absolute Gasteiger partial charge is 0.302 e. The van der Waals surface area contributed by atoms with Gasteiger partial charge in [-0.25, -0.2) is 0 Å². The highest BCUT2D eigenvalue weighted by Crippen LogP contribution is 2.72. The highest BCUT2D eigenvalue weighted by Gasteiger charge is 2.67. The van der Waals surface area contributed by atoms with Crippen molar-refractivity contribution in [2.75, 3.05) is 6.61 Å². The number of ether oxygens (including phenoxy) is 2. The molecule has 39 heavy (non-hydrogen) atoms. The van der Waals surface area contributed by atoms with Gasteiger partial charge >= 0.3 is 11.9 Å². The number of hydrogen-bond donors (Lipinski definition) is 1. The average molecular weight is 543 g/mol. The quantitative estimate of drug-likeness (QED) is 0.320. The molecule has 4 rings (SSSR count). The van der Waals surface area contributed by atoms with Gasteiger partial charge < -0.3 is 14.6 Å². The third-order valence-corrected chi connectivity index (χ3v) is 11.9. The van der Waals surface area contributed by atoms with Crippen molar-refractivity contribution in [1.29, 1.82) is 0 Å². The van der Waals surface area contributed by atoms with Gasteiger partial charge in [0.05, 0.1) is 12.2 Å². The Bertz CT molecular complexity index is 1030. The average Bonchev–Trinajstić information content (AvgIpc) is 3.13. The van der Waals surface area contributed by atoms with E-state index in [0.717, 1.165) is 57.8 Å². The third-order valence-electron chi connectivity index (χ3n) is 11.9. The van der Waals surface area contributed by atoms with E-state index in [1.807, 2.05) is 6.92 Å². The lowest BCUT2D eigenvalue weighted by atomic mass is 9.43. The maximum Gasteiger partial charge on any atom is 0.302 e. The van der Waals surface area contributed by atoms with Crippen molar-refractivity contribution < 1.29 is 24.2 Å². The van der Waals surface area contributed by atoms with Gasteiger partial charge in [-0.3, -0.25) is 9.59 Å². The number of aliphatic hydroxyl groups is 1. The summed E-state index contributed by atoms with van der Waals surface area (Å²) in [6.45, 7) is 19.2. The Labute approximate surface area is 237 Å². The minimum Gasteiger partial charge on any atom is -0.465 e. The van der Waals surface area contributed by atoms with E-state index in [4.69, 9.17) is 9.47 Å². The summed E-state index contributed by atoms with van der Waals surface area (Å²) >= 11 is 0. The highest BCUT2D eigenvalue weighted by atomic mass is 16.5. The Morgan fingerprint density at radius 3 is 2.36 bits per heavy atom. The van der Waals surface area contributed by atoms with Crippen LogP contribution in [0.3, 0.4) is 0 Å². The van der Waals surface area contributed by atoms with Gasteiger partial charge in [0.2, 0.25) is 0 Å². The van der Waals surface area contributed by atoms with Gasteiger partial charge in [-0.05, 0) is 86.2 Å². The number of hydrogen-bond acceptors (Lipinski definition) is 5. The monoisotopic (exact) mass is 542 g/mol. The zero-order chi connectivity index (χ0) is 29.0. The van der Waals surface area contributed by atoms with E-state index in [9.17, 15) is 14.7 Å². The summed E-state index contributed by atoms with van der Waals surface area (Å²) in [5.74, 6) is 0.606. The Kier molecular flexibility index (Phi) is 8.04. The molecule has 7 atom stereocenters. The molecule has 0 spiro atoms. The summed E-state index contributed by atoms with van der Waals surface area (Å²) < 4.78 is 11.7. The molecule has 1 N–H and O–H groups in total. The second kappa shape index (κ2) is 10.3. The van der Waals surface area contributed by atoms with Crippen LogP contribution in [0.25, 0.3) is 0 Å². The lowest BCUT2D eigenvalue weighted by Gasteiger charge is -2.61. The molecule has 5 heteroatoms. The van der Waals surface area contributed by atoms with Crippen LogP contribution < -0.4 is 0 Å². The molecule has 0 aromatic heterocycles. The van der Waals surface area contributed by atoms with Crippen molar-refractivity contribution in [2.45, 2.75) is 132 Å². The lowest BCUT2D eigenvalue weighted by molar-refractivity contribution is -0.166. The summed E-state index contributed by atoms with van der Waals surface area (Å²) in [7, 11) is 0. The van der Waals surface area contributed by atoms with Crippen LogP contribution in [0, 0.1) is 39.4 Å². The fourth-order valence-corrected chi connectivity index (χ4v) is 9.73. The molecule has 0 saturated heterocycles. The zero-order valence-electron chi connectivity index (χ0n) is 26.1. The van der Waals surface area contributed by atoms with Crippen LogP contribution in [0.5, 0.6) is 0 Å². The molecule has 0 bridgehead atoms. The molecule has 0 amide bonds. The molecule has 2 saturated carbocycles. The standard InChI is InChI=1S/C34H54O5/c1-22(2)11-10-17-33(9,37)28-15-19-32(8)26-12-13-27-30(5,6)29(39-24(4)36)16-18-31(27,7)25(26)14-20-34(28,32)21-38-23(3)35/h12,14,22,27-29,37H,10-11,13,15-21H2,1-9H3/t27-,28+,29-,31+,32-,33+,34-/m0/s1. The van der Waals surface area contributed by atoms with Crippen LogP contribution in [0.1, 0.15) is 120 Å². The van der Waals surface area contributed by atoms with E-state index in [2.05, 4.69) is 53.7 Å². The summed E-state index contributed by atoms with van der Waals surface area (Å²) in [6.07, 6.45) is 13.3. The number of fused-ring (bicyclic) bond motifs is 5. The van der Waals surface area contributed by atoms with Crippen LogP contribution in [0.4, 0.5) is 0 Å². The van der Waals surface area contributed by atoms with E-state index in [1.165, 1.54) is 25.0 Å². The van der Waals surface area contributed by atoms with E-state index >= 15 is 0 Å². The van der Waals surface area contributed by atoms with Crippen molar-refractivity contribution in [1.82, 2.24) is 0 Å². The Hall–Kier alpha value is -1.62. The highest BCUT2D eigenvalue weighted by molar-refractivity contribution is 5.66. The molecule has 220 valence electrons. The largest absolute Gasteiger partial charge is 0.465 e. The SMILES string of the molecule is CC(=O)OC[C@]12CC=C3C(=CC[C@H]4C(C)(C)[C@@H](OC(C)=O)CC[C@]34C)[C@]1(C)CC[C@@H]2[C@](C)(O)CCCC(C)C. The van der Waals surface area contributed by atoms with Gasteiger partial charge in [0.15, 0.2) is 0 Å². The normalized spacial score (nSPS) is 38.5. The second-order valence-electron chi connectivity index (χ2n) is 15.1. The maximum absolute atomic E-state index is 12.1. The minimum absolute atomic E-state index is 0.00129. The number of carbonyl (C=O) groups excluding carboxylic acids is 2. The molecule has 5 nitrogen and oxygen atoms in total. The Morgan fingerprint density at radius 1 is 1.05 bits per heavy atom. The molecule has 0 radical (unpaired) electrons. The molecule has 0 aromatic carbocycles. The number of allylic oxidation sites excluding steroid dienone is 4. The molecule has 4 aliphatic rings. The van der Waals surface area contributed by atoms with Gasteiger partial charge in [-0.15, -0.1) is 0 Å². The molecular weight excluding hydrogens is 488 g/mol. The number of carbonyl (C=O) groups is 2. The van der Waals surface area contributed by atoms with E-state index < -0.39 is 5.60 Å². The van der Waals surface area contributed by atoms with Gasteiger partial charge in [0, 0.05) is 30.1 Å². The lowest BCUT2D eigenvalue weighted by Crippen LogP contribution is -2.57. The molecule has 0 unspecified atom stereocenters. The fourth-order valence-electron chi connectivity index (χ4n) is 9.73. The number of rotatable bonds is 8. The summed E-state index contributed by atoms with van der Waals surface area (Å²) in [5, 5.41) is 12.0. The first kappa shape index (κ1) is 30.3. The summed E-state index contributed by atoms with van der Waals surface area (Å²) in [5.41, 5.74) is 1.42. The fraction of sp³-hybridized carbons (Fsp3) is 0.824. The van der Waals surface area contributed by atoms with Crippen molar-refractivity contribution in [3.05, 3.63) is 23.3 Å². The first-order valence-corrected chi connectivity index (χ1v) is 15.5. The van der Waals surface area contributed by atoms with Crippen LogP contribution >= 0.6 is 0 Å². The van der Waals surface area contributed by atoms with E-state index in [-0.39, 0.29) is 45.6 Å². The summed E-state index contributed by atoms with van der Waals surface area (Å²) in [6, 6.07) is 0. The van der Waals surface area contributed by atoms with Gasteiger partial charge in [-0.1, -0.05) is 66.5 Å². The topological polar surface area (TPSA) is 72.8 Å². The van der Waals surface area contributed by atoms with Crippen molar-refractivity contribution in [3.63, 3.8) is 0 Å². The van der Waals surface area contributed by atoms with Crippen molar-refractivity contribution >= 4 is 11.9 Å². The predicted molar refractivity (Wildman–Crippen MR) is 155 cm³/mol. The minimum atomic E-state index is -0.816. The second-order valence-corrected chi connectivity index (χ2v) is 15.1. The van der Waals surface area contributed by atoms with Crippen LogP contribution in [-0.2, 0) is 19.1 Å². The number of esters is 2. The van der Waals surface area contributed by atoms with Gasteiger partial charge in [-0.2, -0.15) is 0 Å². The zero-order valence-corrected chi connectivity index (χ0v) is 26.1. The Morgan fingerprint density at radius 2 is 1.74 bits per heavy atom. The van der Waals surface area contributed by atoms with Crippen molar-refractivity contribution in [2.24, 2.45) is 39.4 Å². The molecule has 4 aliphatic carbocycles. The molecule has 0 heterocycles. The third kappa shape index (κ3) is 4.93. The van der Waals surface area contributed by atoms with Gasteiger partial charge in [0.1, 0.15) is 6.10 Å². The first-order chi connectivity index (χ1) is 18.0. The van der Waals surface area contributed by atoms with Gasteiger partial charge in [0.25, 0.3) is 0 Å². The van der Waals surface area contributed by atoms with E-state index in [1.54, 1.807) is 0 Å². The molecular formula is C34H54O5. The maximum atomic E-state index is 12.1. The van der Waals surface area contributed by atoms with Crippen LogP contribution in [-0.4, -0.2) is 35.4 Å².